The number of benzene rings is 2. The van der Waals surface area contributed by atoms with E-state index in [-0.39, 0.29) is 21.7 Å². The zero-order valence-corrected chi connectivity index (χ0v) is 31.0. The maximum absolute atomic E-state index is 10.9. The summed E-state index contributed by atoms with van der Waals surface area (Å²) in [5, 5.41) is 21.9. The van der Waals surface area contributed by atoms with Gasteiger partial charge in [0, 0.05) is 32.0 Å². The van der Waals surface area contributed by atoms with E-state index >= 15 is 0 Å². The summed E-state index contributed by atoms with van der Waals surface area (Å²) in [5.41, 5.74) is 3.54. The Bertz CT molecular complexity index is 932. The van der Waals surface area contributed by atoms with Gasteiger partial charge in [-0.05, 0) is 126 Å². The van der Waals surface area contributed by atoms with Crippen molar-refractivity contribution >= 4 is 80.5 Å². The summed E-state index contributed by atoms with van der Waals surface area (Å²) in [6.45, 7) is 25.8. The summed E-state index contributed by atoms with van der Waals surface area (Å²) in [6, 6.07) is 8.54. The van der Waals surface area contributed by atoms with Crippen LogP contribution in [0.2, 0.25) is 0 Å². The van der Waals surface area contributed by atoms with E-state index in [1.165, 1.54) is 9.79 Å². The zero-order valence-electron chi connectivity index (χ0n) is 24.5. The highest BCUT2D eigenvalue weighted by molar-refractivity contribution is 9.48. The van der Waals surface area contributed by atoms with Gasteiger partial charge in [-0.3, -0.25) is 0 Å². The first-order valence-corrected chi connectivity index (χ1v) is 22.5. The Labute approximate surface area is 261 Å². The Morgan fingerprint density at radius 2 is 0.605 bits per heavy atom. The van der Waals surface area contributed by atoms with Crippen LogP contribution in [0.3, 0.4) is 0 Å². The lowest BCUT2D eigenvalue weighted by atomic mass is 9.79. The van der Waals surface area contributed by atoms with Crippen LogP contribution in [0.4, 0.5) is 0 Å². The summed E-state index contributed by atoms with van der Waals surface area (Å²) in [7, 11) is 14.0. The van der Waals surface area contributed by atoms with Gasteiger partial charge < -0.3 is 10.2 Å². The van der Waals surface area contributed by atoms with E-state index in [9.17, 15) is 10.2 Å². The Kier molecular flexibility index (Phi) is 12.8. The Balaban J connectivity index is 1.91. The number of hydrogen-bond donors (Lipinski definition) is 2. The molecule has 0 heterocycles. The Morgan fingerprint density at radius 3 is 0.816 bits per heavy atom. The van der Waals surface area contributed by atoms with Crippen molar-refractivity contribution in [2.24, 2.45) is 0 Å². The van der Waals surface area contributed by atoms with Gasteiger partial charge in [0.15, 0.2) is 0 Å². The van der Waals surface area contributed by atoms with E-state index in [1.807, 2.05) is 0 Å². The molecule has 2 aromatic rings. The standard InChI is InChI=1S/C28H42O2S8/c1-25(2,3)19-13-17(14-20(23(19)29)26(4,5)6)31-33-35-37-38-36-34-32-18-15-21(27(7,8)9)24(30)22(16-18)28(10,11)12/h13-16,29-30H,1-12H3. The topological polar surface area (TPSA) is 40.5 Å². The minimum absolute atomic E-state index is 0.118. The van der Waals surface area contributed by atoms with Gasteiger partial charge in [0.1, 0.15) is 11.5 Å². The predicted octanol–water partition coefficient (Wildman–Crippen LogP) is 13.0. The summed E-state index contributed by atoms with van der Waals surface area (Å²) in [5.74, 6) is 0.862. The van der Waals surface area contributed by atoms with Gasteiger partial charge in [-0.15, -0.1) is 0 Å². The third-order valence-electron chi connectivity index (χ3n) is 5.80. The molecule has 0 aliphatic rings. The highest BCUT2D eigenvalue weighted by Gasteiger charge is 2.28. The largest absolute Gasteiger partial charge is 0.507 e. The van der Waals surface area contributed by atoms with Crippen molar-refractivity contribution in [1.82, 2.24) is 0 Å². The minimum atomic E-state index is -0.118. The number of phenols is 2. The maximum atomic E-state index is 10.9. The quantitative estimate of drug-likeness (QED) is 0.199. The lowest BCUT2D eigenvalue weighted by molar-refractivity contribution is 0.421. The number of phenolic OH excluding ortho intramolecular Hbond substituents is 2. The molecule has 0 amide bonds. The van der Waals surface area contributed by atoms with Crippen LogP contribution < -0.4 is 0 Å². The second-order valence-electron chi connectivity index (χ2n) is 13.3. The van der Waals surface area contributed by atoms with E-state index in [0.717, 1.165) is 22.3 Å². The molecule has 0 spiro atoms. The second-order valence-corrected chi connectivity index (χ2v) is 26.2. The molecule has 2 rings (SSSR count). The van der Waals surface area contributed by atoms with Crippen LogP contribution in [-0.4, -0.2) is 10.2 Å². The number of aromatic hydroxyl groups is 2. The molecule has 214 valence electrons. The SMILES string of the molecule is CC(C)(C)c1cc(SSSSSSSSc2cc(C(C)(C)C)c(O)c(C(C)(C)C)c2)cc(C(C)(C)C)c1O. The van der Waals surface area contributed by atoms with Crippen LogP contribution in [0.25, 0.3) is 0 Å². The predicted molar refractivity (Wildman–Crippen MR) is 188 cm³/mol. The molecule has 0 unspecified atom stereocenters. The van der Waals surface area contributed by atoms with Gasteiger partial charge in [0.2, 0.25) is 0 Å². The van der Waals surface area contributed by atoms with Crippen molar-refractivity contribution in [3.63, 3.8) is 0 Å². The minimum Gasteiger partial charge on any atom is -0.507 e. The van der Waals surface area contributed by atoms with Gasteiger partial charge in [0.25, 0.3) is 0 Å². The summed E-state index contributed by atoms with van der Waals surface area (Å²) in [4.78, 5) is 2.35. The van der Waals surface area contributed by atoms with Crippen LogP contribution in [-0.2, 0) is 21.7 Å². The van der Waals surface area contributed by atoms with Crippen molar-refractivity contribution in [1.29, 1.82) is 0 Å². The van der Waals surface area contributed by atoms with E-state index in [1.54, 1.807) is 80.5 Å². The Hall–Kier alpha value is 0.840. The van der Waals surface area contributed by atoms with Crippen molar-refractivity contribution in [2.75, 3.05) is 0 Å². The van der Waals surface area contributed by atoms with Crippen molar-refractivity contribution < 1.29 is 10.2 Å². The fourth-order valence-corrected chi connectivity index (χ4v) is 20.2. The zero-order chi connectivity index (χ0) is 29.1. The van der Waals surface area contributed by atoms with Crippen LogP contribution in [0, 0.1) is 0 Å². The van der Waals surface area contributed by atoms with Crippen molar-refractivity contribution in [3.8, 4) is 11.5 Å². The van der Waals surface area contributed by atoms with Gasteiger partial charge in [-0.25, -0.2) is 0 Å². The number of rotatable bonds is 9. The first kappa shape index (κ1) is 35.0. The van der Waals surface area contributed by atoms with Crippen LogP contribution in [0.5, 0.6) is 11.5 Å². The molecule has 2 aromatic carbocycles. The maximum Gasteiger partial charge on any atom is 0.123 e. The highest BCUT2D eigenvalue weighted by Crippen LogP contribution is 2.59. The first-order chi connectivity index (χ1) is 17.2. The van der Waals surface area contributed by atoms with Crippen LogP contribution >= 0.6 is 80.5 Å². The van der Waals surface area contributed by atoms with Crippen molar-refractivity contribution in [3.05, 3.63) is 46.5 Å². The van der Waals surface area contributed by atoms with E-state index in [2.05, 4.69) is 107 Å². The monoisotopic (exact) mass is 666 g/mol. The van der Waals surface area contributed by atoms with E-state index in [0.29, 0.717) is 11.5 Å². The van der Waals surface area contributed by atoms with E-state index in [4.69, 9.17) is 0 Å². The van der Waals surface area contributed by atoms with Crippen LogP contribution in [0.1, 0.15) is 105 Å². The molecule has 0 saturated heterocycles. The van der Waals surface area contributed by atoms with E-state index < -0.39 is 0 Å². The third kappa shape index (κ3) is 10.3. The highest BCUT2D eigenvalue weighted by atomic mass is 34.0. The van der Waals surface area contributed by atoms with Gasteiger partial charge in [0.05, 0.1) is 0 Å². The molecule has 2 nitrogen and oxygen atoms in total. The molecule has 0 aliphatic heterocycles. The number of hydrogen-bond acceptors (Lipinski definition) is 10. The van der Waals surface area contributed by atoms with Gasteiger partial charge >= 0.3 is 0 Å². The fraction of sp³-hybridized carbons (Fsp3) is 0.571. The Morgan fingerprint density at radius 1 is 0.395 bits per heavy atom. The van der Waals surface area contributed by atoms with Gasteiger partial charge in [-0.1, -0.05) is 83.1 Å². The molecule has 0 fully saturated rings. The molecule has 10 heteroatoms. The molecular formula is C28H42O2S8. The third-order valence-corrected chi connectivity index (χ3v) is 20.7. The van der Waals surface area contributed by atoms with Crippen LogP contribution in [0.15, 0.2) is 34.1 Å². The molecule has 0 aromatic heterocycles. The normalized spacial score (nSPS) is 13.3. The summed E-state index contributed by atoms with van der Waals surface area (Å²) < 4.78 is 0. The summed E-state index contributed by atoms with van der Waals surface area (Å²) in [6.07, 6.45) is 0. The molecule has 0 aliphatic carbocycles. The molecule has 0 bridgehead atoms. The summed E-state index contributed by atoms with van der Waals surface area (Å²) >= 11 is 0. The first-order valence-electron chi connectivity index (χ1n) is 12.3. The molecule has 0 radical (unpaired) electrons. The van der Waals surface area contributed by atoms with Crippen molar-refractivity contribution in [2.45, 2.75) is 115 Å². The average molecular weight is 667 g/mol. The fourth-order valence-electron chi connectivity index (χ4n) is 3.75. The van der Waals surface area contributed by atoms with Gasteiger partial charge in [-0.2, -0.15) is 0 Å². The molecule has 0 atom stereocenters. The average Bonchev–Trinajstić information content (AvgIpc) is 2.74. The molecule has 38 heavy (non-hydrogen) atoms. The molecular weight excluding hydrogens is 625 g/mol. The molecule has 0 saturated carbocycles. The lowest BCUT2D eigenvalue weighted by Crippen LogP contribution is -2.17. The molecule has 2 N–H and O–H groups in total. The second kappa shape index (κ2) is 13.9. The smallest absolute Gasteiger partial charge is 0.123 e. The lowest BCUT2D eigenvalue weighted by Gasteiger charge is -2.28.